The van der Waals surface area contributed by atoms with E-state index in [0.717, 1.165) is 38.3 Å². The van der Waals surface area contributed by atoms with Gasteiger partial charge in [-0.05, 0) is 24.1 Å². The van der Waals surface area contributed by atoms with Gasteiger partial charge in [0, 0.05) is 32.7 Å². The van der Waals surface area contributed by atoms with Gasteiger partial charge in [0.2, 0.25) is 0 Å². The smallest absolute Gasteiger partial charge is 0.156 e. The van der Waals surface area contributed by atoms with E-state index in [2.05, 4.69) is 10.2 Å². The molecular weight excluding hydrogens is 299 g/mol. The van der Waals surface area contributed by atoms with Gasteiger partial charge < -0.3 is 20.1 Å². The third-order valence-corrected chi connectivity index (χ3v) is 4.10. The van der Waals surface area contributed by atoms with E-state index in [0.29, 0.717) is 22.2 Å². The Bertz CT molecular complexity index is 428. The lowest BCUT2D eigenvalue weighted by atomic mass is 10.1. The van der Waals surface area contributed by atoms with Crippen molar-refractivity contribution in [2.24, 2.45) is 0 Å². The molecule has 1 heterocycles. The Balaban J connectivity index is 1.96. The van der Waals surface area contributed by atoms with Gasteiger partial charge in [-0.2, -0.15) is 0 Å². The maximum atomic E-state index is 10.3. The molecule has 20 heavy (non-hydrogen) atoms. The molecule has 6 heteroatoms. The van der Waals surface area contributed by atoms with Crippen molar-refractivity contribution in [1.29, 1.82) is 0 Å². The molecule has 1 aromatic rings. The number of ether oxygens (including phenoxy) is 1. The van der Waals surface area contributed by atoms with E-state index in [1.165, 1.54) is 7.11 Å². The van der Waals surface area contributed by atoms with Crippen molar-refractivity contribution in [3.05, 3.63) is 27.7 Å². The molecule has 0 aliphatic carbocycles. The zero-order chi connectivity index (χ0) is 14.5. The molecule has 1 aliphatic rings. The Morgan fingerprint density at radius 1 is 1.30 bits per heavy atom. The van der Waals surface area contributed by atoms with E-state index in [-0.39, 0.29) is 0 Å². The molecule has 2 N–H and O–H groups in total. The number of piperazine rings is 1. The Morgan fingerprint density at radius 2 is 1.90 bits per heavy atom. The Hall–Kier alpha value is -0.520. The lowest BCUT2D eigenvalue weighted by molar-refractivity contribution is 0.136. The van der Waals surface area contributed by atoms with Crippen molar-refractivity contribution >= 4 is 23.2 Å². The Kier molecular flexibility index (Phi) is 5.93. The van der Waals surface area contributed by atoms with Crippen LogP contribution in [0.2, 0.25) is 10.0 Å². The number of rotatable bonds is 5. The second-order valence-electron chi connectivity index (χ2n) is 4.91. The number of benzene rings is 1. The normalized spacial score (nSPS) is 18.0. The van der Waals surface area contributed by atoms with Gasteiger partial charge in [-0.15, -0.1) is 0 Å². The van der Waals surface area contributed by atoms with E-state index in [1.54, 1.807) is 12.1 Å². The molecule has 1 atom stereocenters. The summed E-state index contributed by atoms with van der Waals surface area (Å²) in [5.74, 6) is 0.450. The van der Waals surface area contributed by atoms with Gasteiger partial charge in [-0.25, -0.2) is 0 Å². The first-order chi connectivity index (χ1) is 9.61. The minimum atomic E-state index is -0.564. The van der Waals surface area contributed by atoms with Crippen molar-refractivity contribution in [3.8, 4) is 5.75 Å². The predicted octanol–water partition coefficient (Wildman–Crippen LogP) is 2.33. The molecule has 112 valence electrons. The van der Waals surface area contributed by atoms with Crippen LogP contribution in [-0.4, -0.2) is 49.8 Å². The molecule has 0 aromatic heterocycles. The molecule has 1 unspecified atom stereocenters. The summed E-state index contributed by atoms with van der Waals surface area (Å²) < 4.78 is 5.10. The quantitative estimate of drug-likeness (QED) is 0.874. The second kappa shape index (κ2) is 7.48. The molecule has 4 nitrogen and oxygen atoms in total. The van der Waals surface area contributed by atoms with Crippen LogP contribution in [0, 0.1) is 0 Å². The van der Waals surface area contributed by atoms with Crippen LogP contribution in [-0.2, 0) is 0 Å². The summed E-state index contributed by atoms with van der Waals surface area (Å²) in [5, 5.41) is 14.4. The summed E-state index contributed by atoms with van der Waals surface area (Å²) in [4.78, 5) is 2.34. The first-order valence-electron chi connectivity index (χ1n) is 6.76. The van der Waals surface area contributed by atoms with Gasteiger partial charge in [0.15, 0.2) is 5.75 Å². The number of methoxy groups -OCH3 is 1. The van der Waals surface area contributed by atoms with Gasteiger partial charge in [-0.1, -0.05) is 23.2 Å². The molecule has 0 spiro atoms. The third kappa shape index (κ3) is 3.99. The van der Waals surface area contributed by atoms with Crippen LogP contribution in [0.3, 0.4) is 0 Å². The van der Waals surface area contributed by atoms with Crippen LogP contribution in [0.1, 0.15) is 18.1 Å². The van der Waals surface area contributed by atoms with Crippen LogP contribution in [0.4, 0.5) is 0 Å². The highest BCUT2D eigenvalue weighted by Gasteiger charge is 2.16. The zero-order valence-electron chi connectivity index (χ0n) is 11.5. The molecule has 2 rings (SSSR count). The molecular formula is C14H20Cl2N2O2. The molecule has 0 saturated carbocycles. The topological polar surface area (TPSA) is 44.7 Å². The molecule has 1 fully saturated rings. The monoisotopic (exact) mass is 318 g/mol. The molecule has 0 bridgehead atoms. The van der Waals surface area contributed by atoms with Crippen molar-refractivity contribution in [1.82, 2.24) is 10.2 Å². The first-order valence-corrected chi connectivity index (χ1v) is 7.51. The van der Waals surface area contributed by atoms with Crippen molar-refractivity contribution < 1.29 is 9.84 Å². The highest BCUT2D eigenvalue weighted by atomic mass is 35.5. The Morgan fingerprint density at radius 3 is 2.45 bits per heavy atom. The number of hydrogen-bond acceptors (Lipinski definition) is 4. The molecule has 1 saturated heterocycles. The highest BCUT2D eigenvalue weighted by molar-refractivity contribution is 6.37. The minimum Gasteiger partial charge on any atom is -0.494 e. The van der Waals surface area contributed by atoms with Crippen molar-refractivity contribution in [3.63, 3.8) is 0 Å². The average molecular weight is 319 g/mol. The number of nitrogens with zero attached hydrogens (tertiary/aromatic N) is 1. The number of hydrogen-bond donors (Lipinski definition) is 2. The van der Waals surface area contributed by atoms with Crippen LogP contribution in [0.15, 0.2) is 12.1 Å². The maximum Gasteiger partial charge on any atom is 0.156 e. The van der Waals surface area contributed by atoms with E-state index >= 15 is 0 Å². The predicted molar refractivity (Wildman–Crippen MR) is 81.9 cm³/mol. The van der Waals surface area contributed by atoms with E-state index in [1.807, 2.05) is 0 Å². The molecule has 0 radical (unpaired) electrons. The van der Waals surface area contributed by atoms with E-state index in [9.17, 15) is 5.11 Å². The first kappa shape index (κ1) is 15.9. The number of halogens is 2. The van der Waals surface area contributed by atoms with Crippen molar-refractivity contribution in [2.75, 3.05) is 39.8 Å². The summed E-state index contributed by atoms with van der Waals surface area (Å²) in [6, 6.07) is 3.43. The summed E-state index contributed by atoms with van der Waals surface area (Å²) in [6.45, 7) is 4.93. The van der Waals surface area contributed by atoms with Gasteiger partial charge >= 0.3 is 0 Å². The molecule has 1 aromatic carbocycles. The lowest BCUT2D eigenvalue weighted by Gasteiger charge is -2.28. The second-order valence-corrected chi connectivity index (χ2v) is 5.73. The van der Waals surface area contributed by atoms with E-state index < -0.39 is 6.10 Å². The largest absolute Gasteiger partial charge is 0.494 e. The SMILES string of the molecule is COc1c(Cl)cc(C(O)CCN2CCNCC2)cc1Cl. The summed E-state index contributed by atoms with van der Waals surface area (Å²) in [5.41, 5.74) is 0.732. The summed E-state index contributed by atoms with van der Waals surface area (Å²) >= 11 is 12.2. The van der Waals surface area contributed by atoms with Crippen LogP contribution in [0.5, 0.6) is 5.75 Å². The number of aliphatic hydroxyl groups is 1. The Labute approximate surface area is 129 Å². The van der Waals surface area contributed by atoms with Gasteiger partial charge in [0.1, 0.15) is 0 Å². The molecule has 1 aliphatic heterocycles. The van der Waals surface area contributed by atoms with Crippen LogP contribution in [0.25, 0.3) is 0 Å². The van der Waals surface area contributed by atoms with Crippen LogP contribution < -0.4 is 10.1 Å². The fourth-order valence-electron chi connectivity index (χ4n) is 2.37. The maximum absolute atomic E-state index is 10.3. The number of nitrogens with one attached hydrogen (secondary N) is 1. The fourth-order valence-corrected chi connectivity index (χ4v) is 3.03. The highest BCUT2D eigenvalue weighted by Crippen LogP contribution is 2.36. The summed E-state index contributed by atoms with van der Waals surface area (Å²) in [7, 11) is 1.52. The summed E-state index contributed by atoms with van der Waals surface area (Å²) in [6.07, 6.45) is 0.102. The standard InChI is InChI=1S/C14H20Cl2N2O2/c1-20-14-11(15)8-10(9-12(14)16)13(19)2-5-18-6-3-17-4-7-18/h8-9,13,17,19H,2-7H2,1H3. The zero-order valence-corrected chi connectivity index (χ0v) is 13.0. The van der Waals surface area contributed by atoms with Crippen LogP contribution >= 0.6 is 23.2 Å². The van der Waals surface area contributed by atoms with Crippen molar-refractivity contribution in [2.45, 2.75) is 12.5 Å². The number of aliphatic hydroxyl groups excluding tert-OH is 1. The molecule has 0 amide bonds. The van der Waals surface area contributed by atoms with Gasteiger partial charge in [0.05, 0.1) is 23.3 Å². The van der Waals surface area contributed by atoms with Gasteiger partial charge in [-0.3, -0.25) is 0 Å². The minimum absolute atomic E-state index is 0.427. The average Bonchev–Trinajstić information content (AvgIpc) is 2.45. The van der Waals surface area contributed by atoms with Gasteiger partial charge in [0.25, 0.3) is 0 Å². The lowest BCUT2D eigenvalue weighted by Crippen LogP contribution is -2.44. The fraction of sp³-hybridized carbons (Fsp3) is 0.571. The van der Waals surface area contributed by atoms with E-state index in [4.69, 9.17) is 27.9 Å². The third-order valence-electron chi connectivity index (χ3n) is 3.54.